The van der Waals surface area contributed by atoms with E-state index in [0.717, 1.165) is 0 Å². The number of amides is 2. The Labute approximate surface area is 302 Å². The molecule has 0 aliphatic heterocycles. The summed E-state index contributed by atoms with van der Waals surface area (Å²) in [6.07, 6.45) is 0.359. The van der Waals surface area contributed by atoms with Crippen LogP contribution in [0, 0.1) is 17.3 Å². The number of methoxy groups -OCH3 is 1. The van der Waals surface area contributed by atoms with Gasteiger partial charge >= 0.3 is 5.97 Å². The van der Waals surface area contributed by atoms with Gasteiger partial charge in [-0.1, -0.05) is 98.7 Å². The van der Waals surface area contributed by atoms with Crippen LogP contribution in [0.3, 0.4) is 0 Å². The van der Waals surface area contributed by atoms with Gasteiger partial charge in [-0.2, -0.15) is 0 Å². The first-order chi connectivity index (χ1) is 22.9. The molecule has 2 aromatic rings. The molecule has 0 aliphatic rings. The highest BCUT2D eigenvalue weighted by molar-refractivity contribution is 7.92. The SMILES string of the molecule is COC(=O)[C@@H](NC(=O)[C@H](C)C[C@H](O[Si](C)(C)C(C)(C)C)[C@H](CC(C)C)NC(=O)c1cccc(N(C)S(=O)(=O)Cc2ccccc2)c1)C(C)(C)C. The van der Waals surface area contributed by atoms with Crippen molar-refractivity contribution in [3.05, 3.63) is 65.7 Å². The van der Waals surface area contributed by atoms with E-state index < -0.39 is 53.8 Å². The third-order valence-electron chi connectivity index (χ3n) is 9.45. The van der Waals surface area contributed by atoms with Gasteiger partial charge in [-0.25, -0.2) is 13.2 Å². The number of rotatable bonds is 16. The number of anilines is 1. The number of nitrogens with zero attached hydrogens (tertiary/aromatic N) is 1. The first-order valence-corrected chi connectivity index (χ1v) is 21.9. The summed E-state index contributed by atoms with van der Waals surface area (Å²) >= 11 is 0. The lowest BCUT2D eigenvalue weighted by molar-refractivity contribution is -0.148. The van der Waals surface area contributed by atoms with E-state index in [2.05, 4.69) is 58.3 Å². The van der Waals surface area contributed by atoms with Crippen molar-refractivity contribution < 1.29 is 32.0 Å². The zero-order valence-electron chi connectivity index (χ0n) is 32.4. The van der Waals surface area contributed by atoms with E-state index in [9.17, 15) is 22.8 Å². The summed E-state index contributed by atoms with van der Waals surface area (Å²) in [5.74, 6) is -1.74. The Morgan fingerprint density at radius 3 is 2.00 bits per heavy atom. The maximum atomic E-state index is 13.9. The Bertz CT molecular complexity index is 1550. The minimum Gasteiger partial charge on any atom is -0.467 e. The second-order valence-corrected chi connectivity index (χ2v) is 23.1. The Morgan fingerprint density at radius 1 is 0.880 bits per heavy atom. The molecule has 2 aromatic carbocycles. The van der Waals surface area contributed by atoms with Gasteiger partial charge in [0.25, 0.3) is 5.91 Å². The van der Waals surface area contributed by atoms with E-state index in [1.807, 2.05) is 26.8 Å². The largest absolute Gasteiger partial charge is 0.467 e. The van der Waals surface area contributed by atoms with Crippen molar-refractivity contribution >= 4 is 41.8 Å². The zero-order valence-corrected chi connectivity index (χ0v) is 34.2. The molecule has 10 nitrogen and oxygen atoms in total. The highest BCUT2D eigenvalue weighted by atomic mass is 32.2. The van der Waals surface area contributed by atoms with Crippen LogP contribution in [0.1, 0.15) is 91.1 Å². The van der Waals surface area contributed by atoms with Crippen LogP contribution in [0.4, 0.5) is 5.69 Å². The molecule has 2 rings (SSSR count). The summed E-state index contributed by atoms with van der Waals surface area (Å²) in [7, 11) is -3.35. The fraction of sp³-hybridized carbons (Fsp3) is 0.605. The van der Waals surface area contributed by atoms with Crippen LogP contribution >= 0.6 is 0 Å². The van der Waals surface area contributed by atoms with Crippen molar-refractivity contribution in [1.29, 1.82) is 0 Å². The van der Waals surface area contributed by atoms with Gasteiger partial charge in [0.05, 0.1) is 30.7 Å². The predicted molar refractivity (Wildman–Crippen MR) is 204 cm³/mol. The molecule has 2 amide bonds. The molecule has 0 saturated heterocycles. The maximum absolute atomic E-state index is 13.9. The van der Waals surface area contributed by atoms with Crippen molar-refractivity contribution in [2.24, 2.45) is 17.3 Å². The molecular weight excluding hydrogens is 671 g/mol. The quantitative estimate of drug-likeness (QED) is 0.142. The lowest BCUT2D eigenvalue weighted by Crippen LogP contribution is -2.54. The van der Waals surface area contributed by atoms with Crippen molar-refractivity contribution in [1.82, 2.24) is 10.6 Å². The second-order valence-electron chi connectivity index (χ2n) is 16.4. The maximum Gasteiger partial charge on any atom is 0.328 e. The van der Waals surface area contributed by atoms with Crippen LogP contribution in [-0.2, 0) is 34.5 Å². The molecule has 0 spiro atoms. The third kappa shape index (κ3) is 12.2. The number of nitrogens with one attached hydrogen (secondary N) is 2. The molecule has 0 bridgehead atoms. The molecule has 50 heavy (non-hydrogen) atoms. The van der Waals surface area contributed by atoms with Crippen LogP contribution < -0.4 is 14.9 Å². The van der Waals surface area contributed by atoms with Gasteiger partial charge in [0.15, 0.2) is 8.32 Å². The molecule has 2 N–H and O–H groups in total. The van der Waals surface area contributed by atoms with Gasteiger partial charge in [-0.3, -0.25) is 13.9 Å². The van der Waals surface area contributed by atoms with Crippen molar-refractivity contribution in [3.8, 4) is 0 Å². The van der Waals surface area contributed by atoms with Gasteiger partial charge < -0.3 is 19.8 Å². The number of esters is 1. The average molecular weight is 732 g/mol. The summed E-state index contributed by atoms with van der Waals surface area (Å²) in [5, 5.41) is 5.96. The molecule has 0 radical (unpaired) electrons. The first kappa shape index (κ1) is 42.9. The monoisotopic (exact) mass is 731 g/mol. The second kappa shape index (κ2) is 17.3. The summed E-state index contributed by atoms with van der Waals surface area (Å²) in [5.41, 5.74) is 0.768. The Hall–Kier alpha value is -3.22. The van der Waals surface area contributed by atoms with E-state index in [4.69, 9.17) is 9.16 Å². The highest BCUT2D eigenvalue weighted by Crippen LogP contribution is 2.39. The Balaban J connectivity index is 2.44. The first-order valence-electron chi connectivity index (χ1n) is 17.4. The summed E-state index contributed by atoms with van der Waals surface area (Å²) < 4.78 is 39.7. The highest BCUT2D eigenvalue weighted by Gasteiger charge is 2.42. The average Bonchev–Trinajstić information content (AvgIpc) is 3.00. The minimum atomic E-state index is -3.72. The Morgan fingerprint density at radius 2 is 1.48 bits per heavy atom. The normalized spacial score (nSPS) is 15.1. The van der Waals surface area contributed by atoms with E-state index in [-0.39, 0.29) is 28.5 Å². The van der Waals surface area contributed by atoms with Crippen molar-refractivity contribution in [3.63, 3.8) is 0 Å². The smallest absolute Gasteiger partial charge is 0.328 e. The number of hydrogen-bond acceptors (Lipinski definition) is 7. The lowest BCUT2D eigenvalue weighted by Gasteiger charge is -2.42. The van der Waals surface area contributed by atoms with Gasteiger partial charge in [-0.15, -0.1) is 0 Å². The zero-order chi connectivity index (χ0) is 38.2. The topological polar surface area (TPSA) is 131 Å². The number of sulfonamides is 1. The number of carbonyl (C=O) groups is 3. The van der Waals surface area contributed by atoms with Gasteiger partial charge in [0.1, 0.15) is 6.04 Å². The third-order valence-corrected chi connectivity index (χ3v) is 15.7. The van der Waals surface area contributed by atoms with Gasteiger partial charge in [-0.05, 0) is 66.1 Å². The molecular formula is C38H61N3O7SSi. The van der Waals surface area contributed by atoms with Crippen molar-refractivity contribution in [2.45, 2.75) is 117 Å². The number of hydrogen-bond donors (Lipinski definition) is 2. The fourth-order valence-corrected chi connectivity index (χ4v) is 7.90. The molecule has 0 heterocycles. The lowest BCUT2D eigenvalue weighted by atomic mass is 9.86. The van der Waals surface area contributed by atoms with Crippen molar-refractivity contribution in [2.75, 3.05) is 18.5 Å². The molecule has 0 aromatic heterocycles. The van der Waals surface area contributed by atoms with E-state index >= 15 is 0 Å². The van der Waals surface area contributed by atoms with Crippen LogP contribution in [0.2, 0.25) is 18.1 Å². The molecule has 0 fully saturated rings. The molecule has 0 unspecified atom stereocenters. The Kier molecular flexibility index (Phi) is 14.9. The number of benzene rings is 2. The molecule has 4 atom stereocenters. The minimum absolute atomic E-state index is 0.143. The van der Waals surface area contributed by atoms with Crippen LogP contribution in [0.15, 0.2) is 54.6 Å². The summed E-state index contributed by atoms with van der Waals surface area (Å²) in [6.45, 7) is 22.2. The van der Waals surface area contributed by atoms with Crippen LogP contribution in [0.5, 0.6) is 0 Å². The molecule has 0 saturated carbocycles. The molecule has 280 valence electrons. The fourth-order valence-electron chi connectivity index (χ4n) is 5.29. The summed E-state index contributed by atoms with van der Waals surface area (Å²) in [4.78, 5) is 40.1. The predicted octanol–water partition coefficient (Wildman–Crippen LogP) is 6.92. The molecule has 12 heteroatoms. The standard InChI is InChI=1S/C38H61N3O7SSi/c1-26(2)22-31(39-35(43)29-20-17-21-30(24-29)41(10)49(45,46)25-28-18-15-14-16-19-28)32(48-50(12,13)38(7,8)9)23-27(3)34(42)40-33(36(44)47-11)37(4,5)6/h14-21,24,26-27,31-33H,22-23,25H2,1-13H3,(H,39,43)(H,40,42)/t27-,31+,32+,33-/m1/s1. The van der Waals surface area contributed by atoms with E-state index in [1.54, 1.807) is 55.5 Å². The van der Waals surface area contributed by atoms with E-state index in [1.165, 1.54) is 18.5 Å². The van der Waals surface area contributed by atoms with Crippen LogP contribution in [-0.4, -0.2) is 66.9 Å². The number of carbonyl (C=O) groups excluding carboxylic acids is 3. The summed E-state index contributed by atoms with van der Waals surface area (Å²) in [6, 6.07) is 14.2. The van der Waals surface area contributed by atoms with Gasteiger partial charge in [0.2, 0.25) is 15.9 Å². The van der Waals surface area contributed by atoms with Crippen LogP contribution in [0.25, 0.3) is 0 Å². The number of ether oxygens (including phenoxy) is 1. The van der Waals surface area contributed by atoms with Gasteiger partial charge in [0, 0.05) is 18.5 Å². The molecule has 0 aliphatic carbocycles. The van der Waals surface area contributed by atoms with E-state index in [0.29, 0.717) is 29.7 Å².